The van der Waals surface area contributed by atoms with Gasteiger partial charge < -0.3 is 10.4 Å². The van der Waals surface area contributed by atoms with Crippen molar-refractivity contribution in [2.24, 2.45) is 0 Å². The first kappa shape index (κ1) is 7.90. The first-order chi connectivity index (χ1) is 5.79. The lowest BCUT2D eigenvalue weighted by molar-refractivity contribution is 0.459. The van der Waals surface area contributed by atoms with Gasteiger partial charge in [0.25, 0.3) is 0 Å². The number of benzene rings is 1. The minimum Gasteiger partial charge on any atom is -0.506 e. The van der Waals surface area contributed by atoms with Crippen LogP contribution in [0.4, 0.5) is 0 Å². The van der Waals surface area contributed by atoms with Gasteiger partial charge in [0.1, 0.15) is 5.75 Å². The molecule has 2 rings (SSSR count). The molecule has 1 aromatic carbocycles. The Morgan fingerprint density at radius 3 is 3.08 bits per heavy atom. The fourth-order valence-electron chi connectivity index (χ4n) is 1.52. The maximum absolute atomic E-state index is 9.57. The number of phenolic OH excluding ortho intramolecular Hbond substituents is 1. The number of nitrogens with one attached hydrogen (secondary N) is 1. The second kappa shape index (κ2) is 2.96. The zero-order valence-corrected chi connectivity index (χ0v) is 7.36. The van der Waals surface area contributed by atoms with Crippen molar-refractivity contribution in [2.75, 3.05) is 6.54 Å². The van der Waals surface area contributed by atoms with Crippen molar-refractivity contribution in [3.05, 3.63) is 28.3 Å². The van der Waals surface area contributed by atoms with E-state index in [1.165, 1.54) is 5.56 Å². The number of rotatable bonds is 0. The molecule has 64 valence electrons. The van der Waals surface area contributed by atoms with Crippen LogP contribution < -0.4 is 5.32 Å². The van der Waals surface area contributed by atoms with Crippen LogP contribution in [0, 0.1) is 0 Å². The number of hydrogen-bond acceptors (Lipinski definition) is 2. The summed E-state index contributed by atoms with van der Waals surface area (Å²) in [4.78, 5) is 0. The molecular formula is C9H10ClNO. The molecule has 0 radical (unpaired) electrons. The summed E-state index contributed by atoms with van der Waals surface area (Å²) in [5, 5.41) is 13.2. The van der Waals surface area contributed by atoms with Crippen LogP contribution in [0.3, 0.4) is 0 Å². The van der Waals surface area contributed by atoms with E-state index in [2.05, 4.69) is 5.32 Å². The van der Waals surface area contributed by atoms with Crippen LogP contribution in [0.25, 0.3) is 0 Å². The molecule has 12 heavy (non-hydrogen) atoms. The maximum Gasteiger partial charge on any atom is 0.138 e. The summed E-state index contributed by atoms with van der Waals surface area (Å²) in [5.74, 6) is 0.237. The Morgan fingerprint density at radius 2 is 2.25 bits per heavy atom. The Bertz CT molecular complexity index is 312. The van der Waals surface area contributed by atoms with Gasteiger partial charge in [0.15, 0.2) is 0 Å². The van der Waals surface area contributed by atoms with Crippen molar-refractivity contribution in [3.63, 3.8) is 0 Å². The average Bonchev–Trinajstić information content (AvgIpc) is 2.12. The molecule has 1 aromatic rings. The van der Waals surface area contributed by atoms with Gasteiger partial charge >= 0.3 is 0 Å². The SMILES string of the molecule is Oc1c(Cl)ccc2c1CNCC2. The second-order valence-corrected chi connectivity index (χ2v) is 3.37. The fraction of sp³-hybridized carbons (Fsp3) is 0.333. The normalized spacial score (nSPS) is 15.8. The van der Waals surface area contributed by atoms with E-state index in [1.54, 1.807) is 6.07 Å². The quantitative estimate of drug-likeness (QED) is 0.642. The van der Waals surface area contributed by atoms with Crippen LogP contribution in [-0.4, -0.2) is 11.7 Å². The summed E-state index contributed by atoms with van der Waals surface area (Å²) in [6.45, 7) is 1.70. The third-order valence-electron chi connectivity index (χ3n) is 2.20. The van der Waals surface area contributed by atoms with Crippen molar-refractivity contribution < 1.29 is 5.11 Å². The first-order valence-corrected chi connectivity index (χ1v) is 4.37. The van der Waals surface area contributed by atoms with Gasteiger partial charge in [0.2, 0.25) is 0 Å². The van der Waals surface area contributed by atoms with Crippen molar-refractivity contribution in [1.82, 2.24) is 5.32 Å². The molecule has 0 amide bonds. The van der Waals surface area contributed by atoms with Crippen molar-refractivity contribution in [3.8, 4) is 5.75 Å². The standard InChI is InChI=1S/C9H10ClNO/c10-8-2-1-6-3-4-11-5-7(6)9(8)12/h1-2,11-12H,3-5H2. The number of fused-ring (bicyclic) bond motifs is 1. The van der Waals surface area contributed by atoms with E-state index in [9.17, 15) is 5.11 Å². The topological polar surface area (TPSA) is 32.3 Å². The van der Waals surface area contributed by atoms with E-state index in [4.69, 9.17) is 11.6 Å². The minimum absolute atomic E-state index is 0.237. The summed E-state index contributed by atoms with van der Waals surface area (Å²) in [6.07, 6.45) is 0.972. The molecular weight excluding hydrogens is 174 g/mol. The Morgan fingerprint density at radius 1 is 1.42 bits per heavy atom. The third-order valence-corrected chi connectivity index (χ3v) is 2.51. The lowest BCUT2D eigenvalue weighted by atomic mass is 10.0. The average molecular weight is 184 g/mol. The van der Waals surface area contributed by atoms with Gasteiger partial charge in [-0.25, -0.2) is 0 Å². The number of phenols is 1. The highest BCUT2D eigenvalue weighted by Crippen LogP contribution is 2.31. The molecule has 2 N–H and O–H groups in total. The van der Waals surface area contributed by atoms with Crippen LogP contribution >= 0.6 is 11.6 Å². The summed E-state index contributed by atoms with van der Waals surface area (Å²) in [5.41, 5.74) is 2.16. The van der Waals surface area contributed by atoms with Crippen LogP contribution in [0.2, 0.25) is 5.02 Å². The van der Waals surface area contributed by atoms with E-state index in [1.807, 2.05) is 6.07 Å². The maximum atomic E-state index is 9.57. The lowest BCUT2D eigenvalue weighted by Crippen LogP contribution is -2.23. The molecule has 2 nitrogen and oxygen atoms in total. The van der Waals surface area contributed by atoms with Crippen LogP contribution in [-0.2, 0) is 13.0 Å². The first-order valence-electron chi connectivity index (χ1n) is 3.99. The number of halogens is 1. The predicted octanol–water partition coefficient (Wildman–Crippen LogP) is 1.69. The second-order valence-electron chi connectivity index (χ2n) is 2.96. The van der Waals surface area contributed by atoms with Crippen LogP contribution in [0.15, 0.2) is 12.1 Å². The summed E-state index contributed by atoms with van der Waals surface area (Å²) >= 11 is 5.77. The van der Waals surface area contributed by atoms with E-state index in [-0.39, 0.29) is 5.75 Å². The lowest BCUT2D eigenvalue weighted by Gasteiger charge is -2.18. The van der Waals surface area contributed by atoms with Gasteiger partial charge in [0, 0.05) is 12.1 Å². The van der Waals surface area contributed by atoms with Crippen LogP contribution in [0.5, 0.6) is 5.75 Å². The van der Waals surface area contributed by atoms with Gasteiger partial charge in [-0.05, 0) is 24.6 Å². The summed E-state index contributed by atoms with van der Waals surface area (Å²) in [7, 11) is 0. The largest absolute Gasteiger partial charge is 0.506 e. The molecule has 0 bridgehead atoms. The zero-order chi connectivity index (χ0) is 8.55. The Kier molecular flexibility index (Phi) is 1.95. The van der Waals surface area contributed by atoms with Gasteiger partial charge in [-0.1, -0.05) is 17.7 Å². The van der Waals surface area contributed by atoms with E-state index in [0.29, 0.717) is 5.02 Å². The molecule has 0 aliphatic carbocycles. The van der Waals surface area contributed by atoms with Crippen molar-refractivity contribution in [1.29, 1.82) is 0 Å². The molecule has 0 unspecified atom stereocenters. The smallest absolute Gasteiger partial charge is 0.138 e. The summed E-state index contributed by atoms with van der Waals surface area (Å²) in [6, 6.07) is 3.74. The molecule has 0 saturated carbocycles. The Labute approximate surface area is 76.2 Å². The molecule has 0 atom stereocenters. The highest BCUT2D eigenvalue weighted by atomic mass is 35.5. The Balaban J connectivity index is 2.54. The van der Waals surface area contributed by atoms with E-state index in [0.717, 1.165) is 25.1 Å². The fourth-order valence-corrected chi connectivity index (χ4v) is 1.69. The molecule has 1 aliphatic heterocycles. The minimum atomic E-state index is 0.237. The Hall–Kier alpha value is -0.730. The molecule has 1 heterocycles. The van der Waals surface area contributed by atoms with Gasteiger partial charge in [-0.2, -0.15) is 0 Å². The molecule has 0 aromatic heterocycles. The third kappa shape index (κ3) is 1.17. The van der Waals surface area contributed by atoms with Crippen molar-refractivity contribution in [2.45, 2.75) is 13.0 Å². The zero-order valence-electron chi connectivity index (χ0n) is 6.60. The van der Waals surface area contributed by atoms with Gasteiger partial charge in [-0.15, -0.1) is 0 Å². The van der Waals surface area contributed by atoms with E-state index < -0.39 is 0 Å². The van der Waals surface area contributed by atoms with Gasteiger partial charge in [-0.3, -0.25) is 0 Å². The molecule has 0 saturated heterocycles. The van der Waals surface area contributed by atoms with E-state index >= 15 is 0 Å². The summed E-state index contributed by atoms with van der Waals surface area (Å²) < 4.78 is 0. The number of hydrogen-bond donors (Lipinski definition) is 2. The molecule has 1 aliphatic rings. The van der Waals surface area contributed by atoms with Gasteiger partial charge in [0.05, 0.1) is 5.02 Å². The number of aromatic hydroxyl groups is 1. The highest BCUT2D eigenvalue weighted by Gasteiger charge is 2.14. The highest BCUT2D eigenvalue weighted by molar-refractivity contribution is 6.32. The molecule has 0 fully saturated rings. The molecule has 0 spiro atoms. The molecule has 3 heteroatoms. The van der Waals surface area contributed by atoms with Crippen molar-refractivity contribution >= 4 is 11.6 Å². The monoisotopic (exact) mass is 183 g/mol. The predicted molar refractivity (Wildman–Crippen MR) is 48.5 cm³/mol. The van der Waals surface area contributed by atoms with Crippen LogP contribution in [0.1, 0.15) is 11.1 Å².